The average molecular weight is 250 g/mol. The molecule has 0 fully saturated rings. The molecular weight excluding hydrogens is 224 g/mol. The minimum atomic E-state index is -0.382. The maximum absolute atomic E-state index is 11.5. The van der Waals surface area contributed by atoms with Gasteiger partial charge in [-0.15, -0.1) is 5.73 Å². The van der Waals surface area contributed by atoms with Crippen molar-refractivity contribution in [3.63, 3.8) is 0 Å². The molecule has 102 valence electrons. The van der Waals surface area contributed by atoms with E-state index in [0.717, 1.165) is 5.57 Å². The fraction of sp³-hybridized carbons (Fsp3) is 0.625. The van der Waals surface area contributed by atoms with Crippen LogP contribution in [0.1, 0.15) is 48.5 Å². The van der Waals surface area contributed by atoms with E-state index in [1.165, 1.54) is 0 Å². The summed E-state index contributed by atoms with van der Waals surface area (Å²) in [6.45, 7) is 18.7. The standard InChI is InChI=1S/C16H26O2/c1-9-18-14(17)12(2)10-11-13(15(3,4)5)16(6,7)8/h10H,2,9H2,1,3-8H3. The van der Waals surface area contributed by atoms with Crippen molar-refractivity contribution in [1.82, 2.24) is 0 Å². The lowest BCUT2D eigenvalue weighted by molar-refractivity contribution is -0.138. The Balaban J connectivity index is 5.34. The molecule has 18 heavy (non-hydrogen) atoms. The molecular formula is C16H26O2. The topological polar surface area (TPSA) is 26.3 Å². The summed E-state index contributed by atoms with van der Waals surface area (Å²) in [5.74, 6) is -0.382. The van der Waals surface area contributed by atoms with Crippen LogP contribution in [0.15, 0.2) is 29.5 Å². The molecule has 0 N–H and O–H groups in total. The van der Waals surface area contributed by atoms with Gasteiger partial charge in [0.15, 0.2) is 0 Å². The average Bonchev–Trinajstić information content (AvgIpc) is 2.13. The second-order valence-electron chi connectivity index (χ2n) is 6.41. The van der Waals surface area contributed by atoms with Gasteiger partial charge in [-0.1, -0.05) is 48.1 Å². The van der Waals surface area contributed by atoms with E-state index in [1.807, 2.05) is 0 Å². The number of hydrogen-bond acceptors (Lipinski definition) is 2. The fourth-order valence-electron chi connectivity index (χ4n) is 2.00. The summed E-state index contributed by atoms with van der Waals surface area (Å²) in [7, 11) is 0. The molecule has 0 unspecified atom stereocenters. The smallest absolute Gasteiger partial charge is 0.338 e. The first kappa shape index (κ1) is 16.7. The zero-order valence-electron chi connectivity index (χ0n) is 12.8. The van der Waals surface area contributed by atoms with Crippen LogP contribution in [0.25, 0.3) is 0 Å². The van der Waals surface area contributed by atoms with E-state index in [9.17, 15) is 4.79 Å². The van der Waals surface area contributed by atoms with Gasteiger partial charge in [0.2, 0.25) is 0 Å². The normalized spacial score (nSPS) is 11.5. The minimum Gasteiger partial charge on any atom is -0.462 e. The molecule has 0 aliphatic heterocycles. The van der Waals surface area contributed by atoms with Crippen LogP contribution in [0.5, 0.6) is 0 Å². The zero-order valence-corrected chi connectivity index (χ0v) is 12.8. The summed E-state index contributed by atoms with van der Waals surface area (Å²) in [5, 5.41) is 0. The molecule has 0 aliphatic carbocycles. The maximum atomic E-state index is 11.5. The molecule has 0 aromatic carbocycles. The van der Waals surface area contributed by atoms with Crippen molar-refractivity contribution in [2.45, 2.75) is 48.5 Å². The maximum Gasteiger partial charge on any atom is 0.338 e. The predicted octanol–water partition coefficient (Wildman–Crippen LogP) is 4.28. The first-order valence-electron chi connectivity index (χ1n) is 6.33. The lowest BCUT2D eigenvalue weighted by Crippen LogP contribution is -2.21. The third kappa shape index (κ3) is 5.37. The first-order chi connectivity index (χ1) is 8.00. The Labute approximate surface area is 111 Å². The third-order valence-corrected chi connectivity index (χ3v) is 2.43. The number of rotatable bonds is 3. The summed E-state index contributed by atoms with van der Waals surface area (Å²) in [6, 6.07) is 0. The van der Waals surface area contributed by atoms with Crippen molar-refractivity contribution in [3.05, 3.63) is 29.5 Å². The predicted molar refractivity (Wildman–Crippen MR) is 76.3 cm³/mol. The summed E-state index contributed by atoms with van der Waals surface area (Å²) in [4.78, 5) is 11.5. The quantitative estimate of drug-likeness (QED) is 0.323. The Morgan fingerprint density at radius 3 is 1.94 bits per heavy atom. The lowest BCUT2D eigenvalue weighted by atomic mass is 9.72. The van der Waals surface area contributed by atoms with E-state index in [-0.39, 0.29) is 16.8 Å². The van der Waals surface area contributed by atoms with Gasteiger partial charge in [-0.05, 0) is 29.4 Å². The lowest BCUT2D eigenvalue weighted by Gasteiger charge is -2.32. The van der Waals surface area contributed by atoms with Gasteiger partial charge < -0.3 is 4.74 Å². The van der Waals surface area contributed by atoms with Crippen molar-refractivity contribution < 1.29 is 9.53 Å². The molecule has 2 nitrogen and oxygen atoms in total. The first-order valence-corrected chi connectivity index (χ1v) is 6.33. The Hall–Kier alpha value is -1.27. The Morgan fingerprint density at radius 2 is 1.61 bits per heavy atom. The highest BCUT2D eigenvalue weighted by Crippen LogP contribution is 2.38. The number of esters is 1. The van der Waals surface area contributed by atoms with Crippen LogP contribution in [0, 0.1) is 10.8 Å². The highest BCUT2D eigenvalue weighted by molar-refractivity contribution is 5.90. The highest BCUT2D eigenvalue weighted by atomic mass is 16.5. The molecule has 0 radical (unpaired) electrons. The van der Waals surface area contributed by atoms with Crippen molar-refractivity contribution in [2.24, 2.45) is 10.8 Å². The fourth-order valence-corrected chi connectivity index (χ4v) is 2.00. The van der Waals surface area contributed by atoms with Crippen LogP contribution in [-0.2, 0) is 9.53 Å². The Bertz CT molecular complexity index is 364. The molecule has 0 spiro atoms. The zero-order chi connectivity index (χ0) is 14.6. The van der Waals surface area contributed by atoms with Gasteiger partial charge in [0.25, 0.3) is 0 Å². The summed E-state index contributed by atoms with van der Waals surface area (Å²) >= 11 is 0. The van der Waals surface area contributed by atoms with Gasteiger partial charge >= 0.3 is 5.97 Å². The van der Waals surface area contributed by atoms with Crippen molar-refractivity contribution in [1.29, 1.82) is 0 Å². The molecule has 0 aliphatic rings. The molecule has 0 atom stereocenters. The van der Waals surface area contributed by atoms with Crippen molar-refractivity contribution in [2.75, 3.05) is 6.61 Å². The van der Waals surface area contributed by atoms with E-state index in [0.29, 0.717) is 12.2 Å². The van der Waals surface area contributed by atoms with Crippen LogP contribution in [0.4, 0.5) is 0 Å². The largest absolute Gasteiger partial charge is 0.462 e. The number of hydrogen-bond donors (Lipinski definition) is 0. The van der Waals surface area contributed by atoms with E-state index in [1.54, 1.807) is 13.0 Å². The molecule has 2 heteroatoms. The van der Waals surface area contributed by atoms with Crippen LogP contribution in [-0.4, -0.2) is 12.6 Å². The van der Waals surface area contributed by atoms with E-state index >= 15 is 0 Å². The molecule has 0 rings (SSSR count). The van der Waals surface area contributed by atoms with E-state index in [4.69, 9.17) is 4.74 Å². The minimum absolute atomic E-state index is 0.00366. The number of ether oxygens (including phenoxy) is 1. The molecule has 0 aromatic heterocycles. The van der Waals surface area contributed by atoms with Gasteiger partial charge in [0.1, 0.15) is 0 Å². The monoisotopic (exact) mass is 250 g/mol. The Morgan fingerprint density at radius 1 is 1.17 bits per heavy atom. The summed E-state index contributed by atoms with van der Waals surface area (Å²) in [6.07, 6.45) is 1.63. The van der Waals surface area contributed by atoms with Gasteiger partial charge in [-0.25, -0.2) is 4.79 Å². The Kier molecular flexibility index (Phi) is 5.63. The number of carbonyl (C=O) groups excluding carboxylic acids is 1. The van der Waals surface area contributed by atoms with Crippen LogP contribution in [0.3, 0.4) is 0 Å². The summed E-state index contributed by atoms with van der Waals surface area (Å²) in [5.41, 5.74) is 4.73. The van der Waals surface area contributed by atoms with Crippen LogP contribution < -0.4 is 0 Å². The molecule has 0 heterocycles. The molecule has 0 saturated carbocycles. The molecule has 0 amide bonds. The van der Waals surface area contributed by atoms with Gasteiger partial charge in [0.05, 0.1) is 12.2 Å². The SMILES string of the molecule is C=C(C=C=C(C(C)(C)C)C(C)(C)C)C(=O)OCC. The van der Waals surface area contributed by atoms with Crippen LogP contribution >= 0.6 is 0 Å². The number of carbonyl (C=O) groups is 1. The van der Waals surface area contributed by atoms with Gasteiger partial charge in [0, 0.05) is 0 Å². The molecule has 0 saturated heterocycles. The van der Waals surface area contributed by atoms with E-state index < -0.39 is 0 Å². The molecule has 0 aromatic rings. The van der Waals surface area contributed by atoms with E-state index in [2.05, 4.69) is 53.9 Å². The second-order valence-corrected chi connectivity index (χ2v) is 6.41. The molecule has 0 bridgehead atoms. The third-order valence-electron chi connectivity index (χ3n) is 2.43. The van der Waals surface area contributed by atoms with Gasteiger partial charge in [-0.3, -0.25) is 0 Å². The highest BCUT2D eigenvalue weighted by Gasteiger charge is 2.27. The van der Waals surface area contributed by atoms with Crippen LogP contribution in [0.2, 0.25) is 0 Å². The van der Waals surface area contributed by atoms with Gasteiger partial charge in [-0.2, -0.15) is 0 Å². The van der Waals surface area contributed by atoms with Crippen molar-refractivity contribution in [3.8, 4) is 0 Å². The van der Waals surface area contributed by atoms with Crippen molar-refractivity contribution >= 4 is 5.97 Å². The summed E-state index contributed by atoms with van der Waals surface area (Å²) < 4.78 is 4.89. The second kappa shape index (κ2) is 6.06.